The Hall–Kier alpha value is -3.48. The van der Waals surface area contributed by atoms with Crippen LogP contribution in [-0.2, 0) is 33.7 Å². The highest BCUT2D eigenvalue weighted by atomic mass is 16.5. The van der Waals surface area contributed by atoms with Gasteiger partial charge < -0.3 is 14.2 Å². The smallest absolute Gasteiger partial charge is 0.306 e. The molecule has 0 bridgehead atoms. The highest BCUT2D eigenvalue weighted by molar-refractivity contribution is 5.81. The average Bonchev–Trinajstić information content (AvgIpc) is 3.36. The second kappa shape index (κ2) is 10.2. The van der Waals surface area contributed by atoms with E-state index in [9.17, 15) is 14.4 Å². The van der Waals surface area contributed by atoms with E-state index in [1.807, 2.05) is 54.6 Å². The first-order chi connectivity index (χ1) is 15.6. The van der Waals surface area contributed by atoms with E-state index in [0.29, 0.717) is 17.8 Å². The van der Waals surface area contributed by atoms with Gasteiger partial charge in [0, 0.05) is 26.1 Å². The summed E-state index contributed by atoms with van der Waals surface area (Å²) in [6.45, 7) is 1.72. The van der Waals surface area contributed by atoms with Gasteiger partial charge >= 0.3 is 5.97 Å². The number of aromatic nitrogens is 2. The minimum Gasteiger partial charge on any atom is -0.456 e. The lowest BCUT2D eigenvalue weighted by atomic mass is 10.1. The molecule has 1 amide bonds. The zero-order valence-corrected chi connectivity index (χ0v) is 18.0. The molecule has 1 saturated heterocycles. The van der Waals surface area contributed by atoms with Gasteiger partial charge in [0.2, 0.25) is 0 Å². The van der Waals surface area contributed by atoms with E-state index >= 15 is 0 Å². The van der Waals surface area contributed by atoms with E-state index in [4.69, 9.17) is 4.74 Å². The van der Waals surface area contributed by atoms with E-state index < -0.39 is 5.97 Å². The Bertz CT molecular complexity index is 1150. The van der Waals surface area contributed by atoms with Crippen LogP contribution in [0.5, 0.6) is 0 Å². The molecule has 2 aromatic carbocycles. The fourth-order valence-corrected chi connectivity index (χ4v) is 4.01. The molecule has 1 aromatic heterocycles. The van der Waals surface area contributed by atoms with Crippen molar-refractivity contribution in [2.45, 2.75) is 38.6 Å². The molecule has 0 unspecified atom stereocenters. The van der Waals surface area contributed by atoms with Crippen LogP contribution in [0.4, 0.5) is 0 Å². The molecule has 32 heavy (non-hydrogen) atoms. The number of para-hydroxylation sites is 2. The Balaban J connectivity index is 1.44. The summed E-state index contributed by atoms with van der Waals surface area (Å²) >= 11 is 0. The molecule has 0 spiro atoms. The van der Waals surface area contributed by atoms with Gasteiger partial charge in [-0.15, -0.1) is 0 Å². The average molecular weight is 434 g/mol. The Morgan fingerprint density at radius 2 is 1.66 bits per heavy atom. The Labute approximate surface area is 186 Å². The SMILES string of the molecule is O=C(CCc1nc2ccccc2n(CCc2ccccc2)c1=O)OCC(=O)N1CCCC1. The van der Waals surface area contributed by atoms with Crippen LogP contribution in [0.3, 0.4) is 0 Å². The quantitative estimate of drug-likeness (QED) is 0.510. The Morgan fingerprint density at radius 3 is 2.44 bits per heavy atom. The topological polar surface area (TPSA) is 81.5 Å². The summed E-state index contributed by atoms with van der Waals surface area (Å²) in [5.41, 5.74) is 2.77. The van der Waals surface area contributed by atoms with Crippen molar-refractivity contribution < 1.29 is 14.3 Å². The Morgan fingerprint density at radius 1 is 0.938 bits per heavy atom. The van der Waals surface area contributed by atoms with Crippen LogP contribution in [0.1, 0.15) is 30.5 Å². The number of hydrogen-bond acceptors (Lipinski definition) is 5. The molecule has 0 N–H and O–H groups in total. The summed E-state index contributed by atoms with van der Waals surface area (Å²) in [5, 5.41) is 0. The first kappa shape index (κ1) is 21.7. The lowest BCUT2D eigenvalue weighted by Crippen LogP contribution is -2.32. The van der Waals surface area contributed by atoms with E-state index in [1.165, 1.54) is 0 Å². The van der Waals surface area contributed by atoms with E-state index in [1.54, 1.807) is 9.47 Å². The highest BCUT2D eigenvalue weighted by Crippen LogP contribution is 2.13. The van der Waals surface area contributed by atoms with Crippen LogP contribution in [0.15, 0.2) is 59.4 Å². The maximum atomic E-state index is 13.1. The van der Waals surface area contributed by atoms with Crippen LogP contribution in [0, 0.1) is 0 Å². The summed E-state index contributed by atoms with van der Waals surface area (Å²) in [6, 6.07) is 17.5. The van der Waals surface area contributed by atoms with Crippen LogP contribution >= 0.6 is 0 Å². The monoisotopic (exact) mass is 433 g/mol. The number of likely N-dealkylation sites (tertiary alicyclic amines) is 1. The maximum absolute atomic E-state index is 13.1. The number of nitrogens with zero attached hydrogens (tertiary/aromatic N) is 3. The molecule has 3 aromatic rings. The summed E-state index contributed by atoms with van der Waals surface area (Å²) in [6.07, 6.45) is 2.88. The highest BCUT2D eigenvalue weighted by Gasteiger charge is 2.19. The molecule has 7 nitrogen and oxygen atoms in total. The molecule has 0 atom stereocenters. The number of amides is 1. The predicted molar refractivity (Wildman–Crippen MR) is 121 cm³/mol. The summed E-state index contributed by atoms with van der Waals surface area (Å²) < 4.78 is 6.86. The Kier molecular flexibility index (Phi) is 6.94. The molecular weight excluding hydrogens is 406 g/mol. The normalized spacial score (nSPS) is 13.4. The lowest BCUT2D eigenvalue weighted by Gasteiger charge is -2.15. The number of hydrogen-bond donors (Lipinski definition) is 0. The van der Waals surface area contributed by atoms with E-state index in [0.717, 1.165) is 43.4 Å². The van der Waals surface area contributed by atoms with Gasteiger partial charge in [0.05, 0.1) is 17.5 Å². The fourth-order valence-electron chi connectivity index (χ4n) is 4.01. The molecular formula is C25H27N3O4. The largest absolute Gasteiger partial charge is 0.456 e. The van der Waals surface area contributed by atoms with Gasteiger partial charge in [0.1, 0.15) is 5.69 Å². The molecule has 1 aliphatic heterocycles. The first-order valence-corrected chi connectivity index (χ1v) is 11.1. The van der Waals surface area contributed by atoms with Crippen molar-refractivity contribution in [2.75, 3.05) is 19.7 Å². The van der Waals surface area contributed by atoms with Gasteiger partial charge in [-0.1, -0.05) is 42.5 Å². The van der Waals surface area contributed by atoms with Gasteiger partial charge in [0.15, 0.2) is 6.61 Å². The molecule has 4 rings (SSSR count). The summed E-state index contributed by atoms with van der Waals surface area (Å²) in [4.78, 5) is 43.6. The number of carbonyl (C=O) groups excluding carboxylic acids is 2. The minimum absolute atomic E-state index is 0.00649. The predicted octanol–water partition coefficient (Wildman–Crippen LogP) is 2.74. The molecule has 0 aliphatic carbocycles. The molecule has 7 heteroatoms. The third-order valence-electron chi connectivity index (χ3n) is 5.77. The van der Waals surface area contributed by atoms with Crippen molar-refractivity contribution in [3.8, 4) is 0 Å². The van der Waals surface area contributed by atoms with Gasteiger partial charge in [-0.05, 0) is 37.0 Å². The second-order valence-electron chi connectivity index (χ2n) is 7.99. The van der Waals surface area contributed by atoms with Gasteiger partial charge in [-0.25, -0.2) is 4.98 Å². The standard InChI is InChI=1S/C25H27N3O4/c29-23(27-15-6-7-16-27)18-32-24(30)13-12-21-25(31)28(17-14-19-8-2-1-3-9-19)22-11-5-4-10-20(22)26-21/h1-5,8-11H,6-7,12-18H2. The number of ether oxygens (including phenoxy) is 1. The third-order valence-corrected chi connectivity index (χ3v) is 5.77. The zero-order valence-electron chi connectivity index (χ0n) is 18.0. The van der Waals surface area contributed by atoms with Crippen molar-refractivity contribution >= 4 is 22.9 Å². The van der Waals surface area contributed by atoms with Crippen molar-refractivity contribution in [3.63, 3.8) is 0 Å². The zero-order chi connectivity index (χ0) is 22.3. The molecule has 166 valence electrons. The van der Waals surface area contributed by atoms with Crippen LogP contribution in [0.2, 0.25) is 0 Å². The van der Waals surface area contributed by atoms with Crippen molar-refractivity contribution in [1.29, 1.82) is 0 Å². The minimum atomic E-state index is -0.497. The first-order valence-electron chi connectivity index (χ1n) is 11.1. The van der Waals surface area contributed by atoms with E-state index in [2.05, 4.69) is 4.98 Å². The van der Waals surface area contributed by atoms with Gasteiger partial charge in [0.25, 0.3) is 11.5 Å². The van der Waals surface area contributed by atoms with Crippen LogP contribution in [0.25, 0.3) is 11.0 Å². The van der Waals surface area contributed by atoms with Crippen molar-refractivity contribution in [2.24, 2.45) is 0 Å². The second-order valence-corrected chi connectivity index (χ2v) is 7.99. The van der Waals surface area contributed by atoms with Crippen molar-refractivity contribution in [1.82, 2.24) is 14.5 Å². The molecule has 1 aliphatic rings. The van der Waals surface area contributed by atoms with Crippen molar-refractivity contribution in [3.05, 3.63) is 76.2 Å². The summed E-state index contributed by atoms with van der Waals surface area (Å²) in [5.74, 6) is -0.661. The van der Waals surface area contributed by atoms with Gasteiger partial charge in [-0.2, -0.15) is 0 Å². The maximum Gasteiger partial charge on any atom is 0.306 e. The van der Waals surface area contributed by atoms with E-state index in [-0.39, 0.29) is 30.9 Å². The number of benzene rings is 2. The van der Waals surface area contributed by atoms with Crippen LogP contribution < -0.4 is 5.56 Å². The molecule has 1 fully saturated rings. The lowest BCUT2D eigenvalue weighted by molar-refractivity contribution is -0.151. The molecule has 2 heterocycles. The number of rotatable bonds is 8. The number of esters is 1. The fraction of sp³-hybridized carbons (Fsp3) is 0.360. The number of aryl methyl sites for hydroxylation is 3. The molecule has 0 radical (unpaired) electrons. The number of fused-ring (bicyclic) bond motifs is 1. The van der Waals surface area contributed by atoms with Gasteiger partial charge in [-0.3, -0.25) is 14.4 Å². The van der Waals surface area contributed by atoms with Crippen LogP contribution in [-0.4, -0.2) is 46.0 Å². The number of carbonyl (C=O) groups is 2. The molecule has 0 saturated carbocycles. The summed E-state index contributed by atoms with van der Waals surface area (Å²) in [7, 11) is 0. The third kappa shape index (κ3) is 5.22.